The van der Waals surface area contributed by atoms with Crippen molar-refractivity contribution < 1.29 is 0 Å². The molecule has 0 saturated heterocycles. The molecule has 0 aromatic heterocycles. The summed E-state index contributed by atoms with van der Waals surface area (Å²) in [6, 6.07) is 0. The van der Waals surface area contributed by atoms with E-state index in [1.807, 2.05) is 0 Å². The fraction of sp³-hybridized carbons (Fsp3) is 1.00. The lowest BCUT2D eigenvalue weighted by atomic mass is 9.82. The Bertz CT molecular complexity index is 217. The van der Waals surface area contributed by atoms with Gasteiger partial charge in [-0.3, -0.25) is 0 Å². The highest BCUT2D eigenvalue weighted by Gasteiger charge is 2.53. The van der Waals surface area contributed by atoms with Gasteiger partial charge in [0.15, 0.2) is 0 Å². The number of hydrogen-bond acceptors (Lipinski definition) is 2. The van der Waals surface area contributed by atoms with Gasteiger partial charge in [-0.05, 0) is 61.8 Å². The van der Waals surface area contributed by atoms with E-state index < -0.39 is 0 Å². The zero-order valence-corrected chi connectivity index (χ0v) is 11.0. The molecule has 0 unspecified atom stereocenters. The maximum Gasteiger partial charge on any atom is 0.00199 e. The molecule has 0 amide bonds. The van der Waals surface area contributed by atoms with Crippen molar-refractivity contribution in [1.29, 1.82) is 0 Å². The van der Waals surface area contributed by atoms with Crippen LogP contribution in [0, 0.1) is 16.7 Å². The molecule has 2 heteroatoms. The summed E-state index contributed by atoms with van der Waals surface area (Å²) in [6.07, 6.45) is 8.32. The first-order valence-corrected chi connectivity index (χ1v) is 7.11. The molecule has 0 aromatic carbocycles. The minimum atomic E-state index is 0.347. The molecule has 16 heavy (non-hydrogen) atoms. The normalized spacial score (nSPS) is 23.4. The summed E-state index contributed by atoms with van der Waals surface area (Å²) >= 11 is 0. The summed E-state index contributed by atoms with van der Waals surface area (Å²) in [4.78, 5) is 0. The van der Waals surface area contributed by atoms with Crippen molar-refractivity contribution in [3.05, 3.63) is 0 Å². The number of rotatable bonds is 8. The van der Waals surface area contributed by atoms with E-state index in [1.54, 1.807) is 0 Å². The summed E-state index contributed by atoms with van der Waals surface area (Å²) in [6.45, 7) is 7.73. The number of hydrogen-bond donors (Lipinski definition) is 2. The minimum Gasteiger partial charge on any atom is -0.330 e. The van der Waals surface area contributed by atoms with Crippen molar-refractivity contribution >= 4 is 0 Å². The first-order valence-electron chi connectivity index (χ1n) is 7.11. The van der Waals surface area contributed by atoms with Crippen LogP contribution < -0.4 is 11.1 Å². The zero-order valence-electron chi connectivity index (χ0n) is 11.0. The van der Waals surface area contributed by atoms with Crippen LogP contribution in [-0.4, -0.2) is 19.6 Å². The lowest BCUT2D eigenvalue weighted by molar-refractivity contribution is 0.246. The summed E-state index contributed by atoms with van der Waals surface area (Å²) < 4.78 is 0. The van der Waals surface area contributed by atoms with Crippen LogP contribution in [0.2, 0.25) is 0 Å². The predicted octanol–water partition coefficient (Wildman–Crippen LogP) is 2.53. The van der Waals surface area contributed by atoms with Gasteiger partial charge in [0.25, 0.3) is 0 Å². The second-order valence-electron chi connectivity index (χ2n) is 6.15. The summed E-state index contributed by atoms with van der Waals surface area (Å²) in [5, 5.41) is 3.72. The topological polar surface area (TPSA) is 38.0 Å². The second kappa shape index (κ2) is 4.66. The Morgan fingerprint density at radius 3 is 2.25 bits per heavy atom. The van der Waals surface area contributed by atoms with Gasteiger partial charge in [0.05, 0.1) is 0 Å². The van der Waals surface area contributed by atoms with Crippen LogP contribution in [0.15, 0.2) is 0 Å². The highest BCUT2D eigenvalue weighted by molar-refractivity contribution is 5.05. The molecule has 2 aliphatic rings. The molecule has 0 aliphatic heterocycles. The standard InChI is InChI=1S/C14H28N2/c1-3-13(4-2,9-15)10-16-11-14(7-8-14)12-5-6-12/h12,16H,3-11,15H2,1-2H3. The van der Waals surface area contributed by atoms with Crippen LogP contribution in [0.1, 0.15) is 52.4 Å². The van der Waals surface area contributed by atoms with Crippen molar-refractivity contribution in [2.24, 2.45) is 22.5 Å². The van der Waals surface area contributed by atoms with Gasteiger partial charge in [0.2, 0.25) is 0 Å². The molecule has 0 bridgehead atoms. The van der Waals surface area contributed by atoms with Crippen LogP contribution in [0.4, 0.5) is 0 Å². The van der Waals surface area contributed by atoms with Crippen LogP contribution >= 0.6 is 0 Å². The largest absolute Gasteiger partial charge is 0.330 e. The molecular weight excluding hydrogens is 196 g/mol. The Morgan fingerprint density at radius 1 is 1.25 bits per heavy atom. The molecule has 0 spiro atoms. The van der Waals surface area contributed by atoms with Crippen LogP contribution in [-0.2, 0) is 0 Å². The van der Waals surface area contributed by atoms with Crippen molar-refractivity contribution in [3.8, 4) is 0 Å². The van der Waals surface area contributed by atoms with Crippen LogP contribution in [0.25, 0.3) is 0 Å². The van der Waals surface area contributed by atoms with Gasteiger partial charge in [-0.25, -0.2) is 0 Å². The van der Waals surface area contributed by atoms with Gasteiger partial charge >= 0.3 is 0 Å². The van der Waals surface area contributed by atoms with E-state index >= 15 is 0 Å². The molecular formula is C14H28N2. The highest BCUT2D eigenvalue weighted by Crippen LogP contribution is 2.60. The Hall–Kier alpha value is -0.0800. The third-order valence-electron chi connectivity index (χ3n) is 5.25. The zero-order chi connectivity index (χ0) is 11.6. The first kappa shape index (κ1) is 12.4. The Balaban J connectivity index is 1.74. The summed E-state index contributed by atoms with van der Waals surface area (Å²) in [5.41, 5.74) is 7.00. The third-order valence-corrected chi connectivity index (χ3v) is 5.25. The van der Waals surface area contributed by atoms with E-state index in [2.05, 4.69) is 19.2 Å². The molecule has 2 fully saturated rings. The molecule has 2 aliphatic carbocycles. The number of nitrogens with one attached hydrogen (secondary N) is 1. The second-order valence-corrected chi connectivity index (χ2v) is 6.15. The maximum absolute atomic E-state index is 5.93. The Kier molecular flexibility index (Phi) is 3.60. The minimum absolute atomic E-state index is 0.347. The Labute approximate surface area is 100 Å². The molecule has 2 nitrogen and oxygen atoms in total. The summed E-state index contributed by atoms with van der Waals surface area (Å²) in [5.74, 6) is 1.07. The van der Waals surface area contributed by atoms with E-state index in [1.165, 1.54) is 45.1 Å². The molecule has 0 atom stereocenters. The van der Waals surface area contributed by atoms with Gasteiger partial charge in [0.1, 0.15) is 0 Å². The monoisotopic (exact) mass is 224 g/mol. The van der Waals surface area contributed by atoms with Crippen molar-refractivity contribution in [2.75, 3.05) is 19.6 Å². The molecule has 2 saturated carbocycles. The van der Waals surface area contributed by atoms with E-state index in [0.717, 1.165) is 24.4 Å². The average Bonchev–Trinajstić information content (AvgIpc) is 3.18. The van der Waals surface area contributed by atoms with Crippen LogP contribution in [0.5, 0.6) is 0 Å². The maximum atomic E-state index is 5.93. The molecule has 0 radical (unpaired) electrons. The van der Waals surface area contributed by atoms with E-state index in [4.69, 9.17) is 5.73 Å². The Morgan fingerprint density at radius 2 is 1.88 bits per heavy atom. The SMILES string of the molecule is CCC(CC)(CN)CNCC1(C2CC2)CC1. The van der Waals surface area contributed by atoms with Crippen molar-refractivity contribution in [2.45, 2.75) is 52.4 Å². The first-order chi connectivity index (χ1) is 7.70. The van der Waals surface area contributed by atoms with Crippen LogP contribution in [0.3, 0.4) is 0 Å². The average molecular weight is 224 g/mol. The quantitative estimate of drug-likeness (QED) is 0.665. The molecule has 3 N–H and O–H groups in total. The predicted molar refractivity (Wildman–Crippen MR) is 69.3 cm³/mol. The van der Waals surface area contributed by atoms with Crippen molar-refractivity contribution in [1.82, 2.24) is 5.32 Å². The molecule has 94 valence electrons. The molecule has 0 aromatic rings. The summed E-state index contributed by atoms with van der Waals surface area (Å²) in [7, 11) is 0. The van der Waals surface area contributed by atoms with Gasteiger partial charge in [-0.2, -0.15) is 0 Å². The number of nitrogens with two attached hydrogens (primary N) is 1. The fourth-order valence-corrected chi connectivity index (χ4v) is 3.02. The molecule has 2 rings (SSSR count). The highest BCUT2D eigenvalue weighted by atomic mass is 14.9. The van der Waals surface area contributed by atoms with Gasteiger partial charge in [-0.15, -0.1) is 0 Å². The van der Waals surface area contributed by atoms with Gasteiger partial charge < -0.3 is 11.1 Å². The lowest BCUT2D eigenvalue weighted by Crippen LogP contribution is -2.41. The lowest BCUT2D eigenvalue weighted by Gasteiger charge is -2.31. The molecule has 0 heterocycles. The fourth-order valence-electron chi connectivity index (χ4n) is 3.02. The van der Waals surface area contributed by atoms with E-state index in [9.17, 15) is 0 Å². The van der Waals surface area contributed by atoms with E-state index in [0.29, 0.717) is 5.41 Å². The van der Waals surface area contributed by atoms with Gasteiger partial charge in [0, 0.05) is 13.1 Å². The van der Waals surface area contributed by atoms with E-state index in [-0.39, 0.29) is 0 Å². The smallest absolute Gasteiger partial charge is 0.00199 e. The van der Waals surface area contributed by atoms with Crippen molar-refractivity contribution in [3.63, 3.8) is 0 Å². The third kappa shape index (κ3) is 2.43. The van der Waals surface area contributed by atoms with Gasteiger partial charge in [-0.1, -0.05) is 13.8 Å².